The van der Waals surface area contributed by atoms with E-state index in [2.05, 4.69) is 29.6 Å². The molecule has 2 aliphatic rings. The smallest absolute Gasteiger partial charge is 0.311 e. The highest BCUT2D eigenvalue weighted by Crippen LogP contribution is 2.38. The molecule has 0 spiro atoms. The van der Waals surface area contributed by atoms with Crippen molar-refractivity contribution >= 4 is 17.6 Å². The lowest BCUT2D eigenvalue weighted by Crippen LogP contribution is -2.45. The van der Waals surface area contributed by atoms with E-state index in [0.717, 1.165) is 29.7 Å². The molecule has 1 aliphatic heterocycles. The molecule has 170 valence electrons. The number of hydrogen-bond acceptors (Lipinski definition) is 4. The molecule has 32 heavy (non-hydrogen) atoms. The number of hydrogen-bond donors (Lipinski definition) is 1. The van der Waals surface area contributed by atoms with Crippen LogP contribution in [-0.4, -0.2) is 36.0 Å². The first-order chi connectivity index (χ1) is 15.6. The van der Waals surface area contributed by atoms with Crippen molar-refractivity contribution in [2.45, 2.75) is 64.5 Å². The molecule has 1 aliphatic carbocycles. The molecule has 2 aromatic rings. The predicted molar refractivity (Wildman–Crippen MR) is 127 cm³/mol. The minimum atomic E-state index is -0.356. The van der Waals surface area contributed by atoms with E-state index in [4.69, 9.17) is 4.74 Å². The molecule has 1 heterocycles. The molecule has 0 bridgehead atoms. The topological polar surface area (TPSA) is 58.6 Å². The number of likely N-dealkylation sites (tertiary alicyclic amines) is 1. The molecule has 0 radical (unpaired) electrons. The van der Waals surface area contributed by atoms with E-state index in [-0.39, 0.29) is 23.8 Å². The van der Waals surface area contributed by atoms with Gasteiger partial charge in [-0.25, -0.2) is 0 Å². The molecule has 2 atom stereocenters. The first kappa shape index (κ1) is 22.4. The third-order valence-corrected chi connectivity index (χ3v) is 6.83. The lowest BCUT2D eigenvalue weighted by Gasteiger charge is -2.41. The molecule has 5 heteroatoms. The van der Waals surface area contributed by atoms with Gasteiger partial charge in [0.25, 0.3) is 5.91 Å². The Morgan fingerprint density at radius 2 is 1.72 bits per heavy atom. The van der Waals surface area contributed by atoms with Crippen LogP contribution < -0.4 is 5.32 Å². The van der Waals surface area contributed by atoms with Crippen molar-refractivity contribution in [3.05, 3.63) is 65.2 Å². The fraction of sp³-hybridized carbons (Fsp3) is 0.481. The molecular weight excluding hydrogens is 400 g/mol. The van der Waals surface area contributed by atoms with Crippen molar-refractivity contribution in [2.24, 2.45) is 5.92 Å². The maximum absolute atomic E-state index is 13.6. The number of piperidine rings is 1. The normalized spacial score (nSPS) is 21.4. The van der Waals surface area contributed by atoms with Gasteiger partial charge >= 0.3 is 5.97 Å². The quantitative estimate of drug-likeness (QED) is 0.610. The Balaban J connectivity index is 1.64. The number of carbonyl (C=O) groups is 2. The summed E-state index contributed by atoms with van der Waals surface area (Å²) in [5, 5.41) is 3.62. The number of nitrogens with one attached hydrogen (secondary N) is 1. The van der Waals surface area contributed by atoms with E-state index < -0.39 is 0 Å². The SMILES string of the molecule is CCOC(=O)[C@H]1CCCN(C(=O)c2ccccc2C)C1c1ccc(NC2CCCC2)cc1. The average molecular weight is 435 g/mol. The maximum atomic E-state index is 13.6. The number of aryl methyl sites for hydroxylation is 1. The first-order valence-corrected chi connectivity index (χ1v) is 12.0. The van der Waals surface area contributed by atoms with Gasteiger partial charge in [-0.05, 0) is 68.9 Å². The van der Waals surface area contributed by atoms with Crippen LogP contribution >= 0.6 is 0 Å². The van der Waals surface area contributed by atoms with Crippen LogP contribution in [0.15, 0.2) is 48.5 Å². The predicted octanol–water partition coefficient (Wildman–Crippen LogP) is 5.51. The number of nitrogens with zero attached hydrogens (tertiary/aromatic N) is 1. The van der Waals surface area contributed by atoms with Gasteiger partial charge in [0.05, 0.1) is 18.6 Å². The summed E-state index contributed by atoms with van der Waals surface area (Å²) < 4.78 is 5.41. The van der Waals surface area contributed by atoms with Crippen LogP contribution in [0.25, 0.3) is 0 Å². The number of anilines is 1. The summed E-state index contributed by atoms with van der Waals surface area (Å²) in [4.78, 5) is 28.3. The van der Waals surface area contributed by atoms with Crippen LogP contribution in [0.5, 0.6) is 0 Å². The molecule has 1 amide bonds. The van der Waals surface area contributed by atoms with Gasteiger partial charge in [0.2, 0.25) is 0 Å². The van der Waals surface area contributed by atoms with Crippen LogP contribution in [0.2, 0.25) is 0 Å². The van der Waals surface area contributed by atoms with Gasteiger partial charge in [-0.3, -0.25) is 9.59 Å². The van der Waals surface area contributed by atoms with Crippen molar-refractivity contribution in [1.29, 1.82) is 0 Å². The van der Waals surface area contributed by atoms with Crippen molar-refractivity contribution in [1.82, 2.24) is 4.90 Å². The average Bonchev–Trinajstić information content (AvgIpc) is 3.32. The Labute approximate surface area is 191 Å². The zero-order chi connectivity index (χ0) is 22.5. The molecule has 1 N–H and O–H groups in total. The van der Waals surface area contributed by atoms with E-state index in [9.17, 15) is 9.59 Å². The minimum absolute atomic E-state index is 0.0183. The number of carbonyl (C=O) groups excluding carboxylic acids is 2. The van der Waals surface area contributed by atoms with Crippen LogP contribution in [0.1, 0.15) is 73.0 Å². The van der Waals surface area contributed by atoms with E-state index >= 15 is 0 Å². The summed E-state index contributed by atoms with van der Waals surface area (Å²) in [5.74, 6) is -0.589. The van der Waals surface area contributed by atoms with E-state index in [1.165, 1.54) is 25.7 Å². The summed E-state index contributed by atoms with van der Waals surface area (Å²) in [6.45, 7) is 4.77. The number of ether oxygens (including phenoxy) is 1. The lowest BCUT2D eigenvalue weighted by atomic mass is 9.84. The molecule has 5 nitrogen and oxygen atoms in total. The number of benzene rings is 2. The summed E-state index contributed by atoms with van der Waals surface area (Å²) >= 11 is 0. The van der Waals surface area contributed by atoms with Gasteiger partial charge in [0, 0.05) is 23.8 Å². The second-order valence-corrected chi connectivity index (χ2v) is 9.01. The van der Waals surface area contributed by atoms with E-state index in [1.54, 1.807) is 0 Å². The molecule has 2 fully saturated rings. The Hall–Kier alpha value is -2.82. The van der Waals surface area contributed by atoms with Crippen molar-refractivity contribution < 1.29 is 14.3 Å². The van der Waals surface area contributed by atoms with E-state index in [1.807, 2.05) is 43.0 Å². The van der Waals surface area contributed by atoms with Gasteiger partial charge in [0.15, 0.2) is 0 Å². The summed E-state index contributed by atoms with van der Waals surface area (Å²) in [5.41, 5.74) is 3.73. The Kier molecular flexibility index (Phi) is 7.13. The first-order valence-electron chi connectivity index (χ1n) is 12.0. The zero-order valence-corrected chi connectivity index (χ0v) is 19.2. The van der Waals surface area contributed by atoms with Crippen molar-refractivity contribution in [3.8, 4) is 0 Å². The molecule has 1 unspecified atom stereocenters. The van der Waals surface area contributed by atoms with Gasteiger partial charge in [-0.15, -0.1) is 0 Å². The summed E-state index contributed by atoms with van der Waals surface area (Å²) in [6, 6.07) is 16.2. The summed E-state index contributed by atoms with van der Waals surface area (Å²) in [6.07, 6.45) is 6.52. The lowest BCUT2D eigenvalue weighted by molar-refractivity contribution is -0.151. The van der Waals surface area contributed by atoms with E-state index in [0.29, 0.717) is 24.8 Å². The summed E-state index contributed by atoms with van der Waals surface area (Å²) in [7, 11) is 0. The van der Waals surface area contributed by atoms with Crippen LogP contribution in [0.3, 0.4) is 0 Å². The number of esters is 1. The maximum Gasteiger partial charge on any atom is 0.311 e. The van der Waals surface area contributed by atoms with Crippen LogP contribution in [0, 0.1) is 12.8 Å². The largest absolute Gasteiger partial charge is 0.466 e. The highest BCUT2D eigenvalue weighted by Gasteiger charge is 2.40. The minimum Gasteiger partial charge on any atom is -0.466 e. The highest BCUT2D eigenvalue weighted by molar-refractivity contribution is 5.96. The second kappa shape index (κ2) is 10.2. The fourth-order valence-electron chi connectivity index (χ4n) is 5.18. The third kappa shape index (κ3) is 4.82. The molecule has 1 saturated heterocycles. The molecule has 0 aromatic heterocycles. The fourth-order valence-corrected chi connectivity index (χ4v) is 5.18. The second-order valence-electron chi connectivity index (χ2n) is 9.01. The standard InChI is InChI=1S/C27H34N2O3/c1-3-32-27(31)24-13-8-18-29(26(30)23-12-7-4-9-19(23)2)25(24)20-14-16-22(17-15-20)28-21-10-5-6-11-21/h4,7,9,12,14-17,21,24-25,28H,3,5-6,8,10-11,13,18H2,1-2H3/t24-,25?/m0/s1. The van der Waals surface area contributed by atoms with Crippen molar-refractivity contribution in [3.63, 3.8) is 0 Å². The third-order valence-electron chi connectivity index (χ3n) is 6.83. The molecule has 1 saturated carbocycles. The van der Waals surface area contributed by atoms with Crippen molar-refractivity contribution in [2.75, 3.05) is 18.5 Å². The monoisotopic (exact) mass is 434 g/mol. The van der Waals surface area contributed by atoms with Gasteiger partial charge < -0.3 is 15.0 Å². The number of amides is 1. The number of rotatable bonds is 6. The molecule has 2 aromatic carbocycles. The van der Waals surface area contributed by atoms with Crippen LogP contribution in [0.4, 0.5) is 5.69 Å². The molecular formula is C27H34N2O3. The Bertz CT molecular complexity index is 934. The van der Waals surface area contributed by atoms with Gasteiger partial charge in [-0.1, -0.05) is 43.2 Å². The Morgan fingerprint density at radius 1 is 1.00 bits per heavy atom. The van der Waals surface area contributed by atoms with Gasteiger partial charge in [0.1, 0.15) is 0 Å². The zero-order valence-electron chi connectivity index (χ0n) is 19.2. The highest BCUT2D eigenvalue weighted by atomic mass is 16.5. The molecule has 4 rings (SSSR count). The van der Waals surface area contributed by atoms with Gasteiger partial charge in [-0.2, -0.15) is 0 Å². The Morgan fingerprint density at radius 3 is 2.41 bits per heavy atom. The van der Waals surface area contributed by atoms with Crippen LogP contribution in [-0.2, 0) is 9.53 Å².